The number of nitrogens with one attached hydrogen (secondary N) is 1. The number of hydrogen-bond acceptors (Lipinski definition) is 7. The summed E-state index contributed by atoms with van der Waals surface area (Å²) in [5.41, 5.74) is -0.397. The van der Waals surface area contributed by atoms with Gasteiger partial charge in [0, 0.05) is 12.8 Å². The van der Waals surface area contributed by atoms with Crippen LogP contribution >= 0.6 is 12.6 Å². The van der Waals surface area contributed by atoms with Gasteiger partial charge in [0.15, 0.2) is 5.66 Å². The van der Waals surface area contributed by atoms with Crippen molar-refractivity contribution in [2.45, 2.75) is 76.9 Å². The van der Waals surface area contributed by atoms with Crippen molar-refractivity contribution in [2.24, 2.45) is 10.2 Å². The number of carbonyl (C=O) groups excluding carboxylic acids is 3. The zero-order chi connectivity index (χ0) is 18.7. The van der Waals surface area contributed by atoms with Crippen molar-refractivity contribution in [3.8, 4) is 0 Å². The molecule has 1 atom stereocenters. The summed E-state index contributed by atoms with van der Waals surface area (Å²) in [6.07, 6.45) is 5.87. The maximum absolute atomic E-state index is 12.0. The molecule has 1 amide bonds. The Labute approximate surface area is 154 Å². The van der Waals surface area contributed by atoms with Crippen LogP contribution in [0.3, 0.4) is 0 Å². The highest BCUT2D eigenvalue weighted by molar-refractivity contribution is 7.80. The van der Waals surface area contributed by atoms with E-state index in [2.05, 4.69) is 28.2 Å². The number of Topliss-reactive ketones (excluding diaryl/α,β-unsaturated/α-hetero) is 1. The van der Waals surface area contributed by atoms with Gasteiger partial charge >= 0.3 is 5.97 Å². The van der Waals surface area contributed by atoms with E-state index in [1.165, 1.54) is 6.92 Å². The fourth-order valence-corrected chi connectivity index (χ4v) is 2.72. The SMILES string of the molecule is CCOC(=O)C(C)NC(=O)CC(=O)CCC1(CCCCCCS)N=N1. The first-order chi connectivity index (χ1) is 11.9. The fourth-order valence-electron chi connectivity index (χ4n) is 2.49. The van der Waals surface area contributed by atoms with Gasteiger partial charge in [-0.1, -0.05) is 12.8 Å². The van der Waals surface area contributed by atoms with E-state index in [4.69, 9.17) is 4.74 Å². The Morgan fingerprint density at radius 2 is 1.80 bits per heavy atom. The molecule has 7 nitrogen and oxygen atoms in total. The molecule has 1 N–H and O–H groups in total. The van der Waals surface area contributed by atoms with Gasteiger partial charge in [-0.05, 0) is 38.9 Å². The molecule has 0 aliphatic carbocycles. The topological polar surface area (TPSA) is 97.2 Å². The number of hydrogen-bond donors (Lipinski definition) is 2. The Morgan fingerprint density at radius 1 is 1.12 bits per heavy atom. The first kappa shape index (κ1) is 21.6. The van der Waals surface area contributed by atoms with E-state index in [0.717, 1.165) is 37.9 Å². The van der Waals surface area contributed by atoms with Crippen LogP contribution in [-0.4, -0.2) is 41.7 Å². The van der Waals surface area contributed by atoms with Crippen molar-refractivity contribution in [1.29, 1.82) is 0 Å². The molecule has 0 fully saturated rings. The van der Waals surface area contributed by atoms with Crippen molar-refractivity contribution in [2.75, 3.05) is 12.4 Å². The van der Waals surface area contributed by atoms with Crippen molar-refractivity contribution < 1.29 is 19.1 Å². The monoisotopic (exact) mass is 371 g/mol. The predicted molar refractivity (Wildman–Crippen MR) is 97.6 cm³/mol. The second kappa shape index (κ2) is 11.2. The molecule has 1 aliphatic rings. The third kappa shape index (κ3) is 9.00. The molecule has 0 aromatic rings. The summed E-state index contributed by atoms with van der Waals surface area (Å²) in [5, 5.41) is 10.7. The minimum atomic E-state index is -0.753. The van der Waals surface area contributed by atoms with E-state index < -0.39 is 23.6 Å². The standard InChI is InChI=1S/C17H29N3O4S/c1-3-24-16(23)13(2)18-15(22)12-14(21)8-10-17(19-20-17)9-6-4-5-7-11-25/h13,25H,3-12H2,1-2H3,(H,18,22). The molecule has 142 valence electrons. The third-order valence-corrected chi connectivity index (χ3v) is 4.36. The van der Waals surface area contributed by atoms with Crippen LogP contribution in [0.15, 0.2) is 10.2 Å². The molecule has 1 aliphatic heterocycles. The first-order valence-corrected chi connectivity index (χ1v) is 9.58. The van der Waals surface area contributed by atoms with Gasteiger partial charge in [0.05, 0.1) is 13.0 Å². The lowest BCUT2D eigenvalue weighted by atomic mass is 9.98. The molecular weight excluding hydrogens is 342 g/mol. The molecule has 0 spiro atoms. The molecular formula is C17H29N3O4S. The zero-order valence-electron chi connectivity index (χ0n) is 15.1. The molecule has 0 radical (unpaired) electrons. The summed E-state index contributed by atoms with van der Waals surface area (Å²) >= 11 is 4.18. The number of ketones is 1. The van der Waals surface area contributed by atoms with Crippen LogP contribution in [0.4, 0.5) is 0 Å². The largest absolute Gasteiger partial charge is 0.464 e. The number of ether oxygens (including phenoxy) is 1. The molecule has 0 aromatic carbocycles. The molecule has 0 saturated carbocycles. The third-order valence-electron chi connectivity index (χ3n) is 4.05. The number of thiol groups is 1. The lowest BCUT2D eigenvalue weighted by molar-refractivity contribution is -0.147. The highest BCUT2D eigenvalue weighted by atomic mass is 32.1. The van der Waals surface area contributed by atoms with E-state index in [1.807, 2.05) is 0 Å². The van der Waals surface area contributed by atoms with Gasteiger partial charge in [0.2, 0.25) is 5.91 Å². The van der Waals surface area contributed by atoms with Crippen molar-refractivity contribution >= 4 is 30.3 Å². The molecule has 8 heteroatoms. The van der Waals surface area contributed by atoms with Crippen LogP contribution in [0, 0.1) is 0 Å². The highest BCUT2D eigenvalue weighted by Crippen LogP contribution is 2.38. The van der Waals surface area contributed by atoms with Crippen LogP contribution in [0.25, 0.3) is 0 Å². The molecule has 1 rings (SSSR count). The van der Waals surface area contributed by atoms with Crippen LogP contribution in [0.2, 0.25) is 0 Å². The number of amides is 1. The van der Waals surface area contributed by atoms with Crippen LogP contribution in [0.1, 0.15) is 65.2 Å². The molecule has 0 saturated heterocycles. The van der Waals surface area contributed by atoms with E-state index in [0.29, 0.717) is 6.42 Å². The first-order valence-electron chi connectivity index (χ1n) is 8.95. The number of esters is 1. The number of carbonyl (C=O) groups is 3. The van der Waals surface area contributed by atoms with E-state index in [9.17, 15) is 14.4 Å². The van der Waals surface area contributed by atoms with Gasteiger partial charge in [0.1, 0.15) is 11.8 Å². The Morgan fingerprint density at radius 3 is 2.40 bits per heavy atom. The maximum atomic E-state index is 12.0. The van der Waals surface area contributed by atoms with Gasteiger partial charge in [-0.25, -0.2) is 4.79 Å². The van der Waals surface area contributed by atoms with E-state index in [1.54, 1.807) is 6.92 Å². The Bertz CT molecular complexity index is 490. The molecule has 1 heterocycles. The Balaban J connectivity index is 2.19. The number of nitrogens with zero attached hydrogens (tertiary/aromatic N) is 2. The van der Waals surface area contributed by atoms with Crippen molar-refractivity contribution in [1.82, 2.24) is 5.32 Å². The fraction of sp³-hybridized carbons (Fsp3) is 0.824. The molecule has 25 heavy (non-hydrogen) atoms. The molecule has 0 aromatic heterocycles. The second-order valence-electron chi connectivity index (χ2n) is 6.33. The summed E-state index contributed by atoms with van der Waals surface area (Å²) in [4.78, 5) is 35.2. The summed E-state index contributed by atoms with van der Waals surface area (Å²) in [5.74, 6) is -0.224. The maximum Gasteiger partial charge on any atom is 0.328 e. The van der Waals surface area contributed by atoms with E-state index in [-0.39, 0.29) is 25.2 Å². The summed E-state index contributed by atoms with van der Waals surface area (Å²) in [6, 6.07) is -0.753. The van der Waals surface area contributed by atoms with E-state index >= 15 is 0 Å². The zero-order valence-corrected chi connectivity index (χ0v) is 16.0. The summed E-state index contributed by atoms with van der Waals surface area (Å²) in [7, 11) is 0. The molecule has 1 unspecified atom stereocenters. The van der Waals surface area contributed by atoms with Gasteiger partial charge in [-0.15, -0.1) is 0 Å². The van der Waals surface area contributed by atoms with Gasteiger partial charge in [0.25, 0.3) is 0 Å². The highest BCUT2D eigenvalue weighted by Gasteiger charge is 2.39. The smallest absolute Gasteiger partial charge is 0.328 e. The van der Waals surface area contributed by atoms with Crippen LogP contribution < -0.4 is 5.32 Å². The van der Waals surface area contributed by atoms with Gasteiger partial charge in [-0.2, -0.15) is 22.9 Å². The number of unbranched alkanes of at least 4 members (excludes halogenated alkanes) is 3. The summed E-state index contributed by atoms with van der Waals surface area (Å²) in [6.45, 7) is 3.48. The average molecular weight is 372 g/mol. The minimum Gasteiger partial charge on any atom is -0.464 e. The molecule has 0 bridgehead atoms. The minimum absolute atomic E-state index is 0.166. The quantitative estimate of drug-likeness (QED) is 0.212. The van der Waals surface area contributed by atoms with Crippen LogP contribution in [-0.2, 0) is 19.1 Å². The number of rotatable bonds is 14. The lowest BCUT2D eigenvalue weighted by Gasteiger charge is -2.13. The average Bonchev–Trinajstić information content (AvgIpc) is 3.33. The van der Waals surface area contributed by atoms with Crippen LogP contribution in [0.5, 0.6) is 0 Å². The van der Waals surface area contributed by atoms with Crippen molar-refractivity contribution in [3.63, 3.8) is 0 Å². The second-order valence-corrected chi connectivity index (χ2v) is 6.77. The lowest BCUT2D eigenvalue weighted by Crippen LogP contribution is -2.40. The van der Waals surface area contributed by atoms with Gasteiger partial charge < -0.3 is 10.1 Å². The summed E-state index contributed by atoms with van der Waals surface area (Å²) < 4.78 is 4.80. The van der Waals surface area contributed by atoms with Gasteiger partial charge in [-0.3, -0.25) is 9.59 Å². The predicted octanol–water partition coefficient (Wildman–Crippen LogP) is 2.84. The Hall–Kier alpha value is -1.44. The van der Waals surface area contributed by atoms with Crippen molar-refractivity contribution in [3.05, 3.63) is 0 Å². The normalized spacial score (nSPS) is 15.5. The Kier molecular flexibility index (Phi) is 9.70.